The SMILES string of the molecule is CCNC(=NCCCCCCC(=O)OCC)N1CCCC(C)C1. The molecule has 0 aromatic carbocycles. The number of hydrogen-bond acceptors (Lipinski definition) is 3. The number of nitrogens with one attached hydrogen (secondary N) is 1. The lowest BCUT2D eigenvalue weighted by molar-refractivity contribution is -0.143. The molecule has 1 unspecified atom stereocenters. The summed E-state index contributed by atoms with van der Waals surface area (Å²) in [6.45, 7) is 10.8. The monoisotopic (exact) mass is 325 g/mol. The van der Waals surface area contributed by atoms with Crippen LogP contribution in [-0.4, -0.2) is 49.6 Å². The fourth-order valence-corrected chi connectivity index (χ4v) is 2.96. The van der Waals surface area contributed by atoms with E-state index < -0.39 is 0 Å². The maximum absolute atomic E-state index is 11.2. The number of rotatable bonds is 9. The first kappa shape index (κ1) is 19.8. The smallest absolute Gasteiger partial charge is 0.305 e. The van der Waals surface area contributed by atoms with Crippen LogP contribution >= 0.6 is 0 Å². The van der Waals surface area contributed by atoms with Gasteiger partial charge in [-0.1, -0.05) is 19.8 Å². The summed E-state index contributed by atoms with van der Waals surface area (Å²) in [5.74, 6) is 1.76. The number of guanidine groups is 1. The van der Waals surface area contributed by atoms with Gasteiger partial charge in [-0.25, -0.2) is 0 Å². The molecule has 5 heteroatoms. The van der Waals surface area contributed by atoms with Gasteiger partial charge >= 0.3 is 5.97 Å². The largest absolute Gasteiger partial charge is 0.466 e. The second kappa shape index (κ2) is 12.2. The molecule has 5 nitrogen and oxygen atoms in total. The number of hydrogen-bond donors (Lipinski definition) is 1. The lowest BCUT2D eigenvalue weighted by Crippen LogP contribution is -2.46. The Morgan fingerprint density at radius 2 is 2.04 bits per heavy atom. The van der Waals surface area contributed by atoms with E-state index in [1.54, 1.807) is 0 Å². The van der Waals surface area contributed by atoms with Crippen LogP contribution < -0.4 is 5.32 Å². The molecular formula is C18H35N3O2. The molecule has 0 bridgehead atoms. The maximum atomic E-state index is 11.2. The molecule has 1 saturated heterocycles. The van der Waals surface area contributed by atoms with Crippen molar-refractivity contribution in [2.45, 2.75) is 65.7 Å². The van der Waals surface area contributed by atoms with Crippen molar-refractivity contribution in [3.05, 3.63) is 0 Å². The average molecular weight is 325 g/mol. The standard InChI is InChI=1S/C18H35N3O2/c1-4-19-18(21-14-10-11-16(3)15-21)20-13-9-7-6-8-12-17(22)23-5-2/h16H,4-15H2,1-3H3,(H,19,20). The third-order valence-corrected chi connectivity index (χ3v) is 4.15. The third kappa shape index (κ3) is 8.82. The second-order valence-corrected chi connectivity index (χ2v) is 6.40. The summed E-state index contributed by atoms with van der Waals surface area (Å²) in [5.41, 5.74) is 0. The predicted molar refractivity (Wildman–Crippen MR) is 95.7 cm³/mol. The number of likely N-dealkylation sites (tertiary alicyclic amines) is 1. The summed E-state index contributed by atoms with van der Waals surface area (Å²) in [7, 11) is 0. The number of piperidine rings is 1. The summed E-state index contributed by atoms with van der Waals surface area (Å²) >= 11 is 0. The molecule has 1 heterocycles. The van der Waals surface area contributed by atoms with Gasteiger partial charge in [0.05, 0.1) is 6.61 Å². The second-order valence-electron chi connectivity index (χ2n) is 6.40. The highest BCUT2D eigenvalue weighted by atomic mass is 16.5. The van der Waals surface area contributed by atoms with Crippen LogP contribution in [0.5, 0.6) is 0 Å². The zero-order valence-electron chi connectivity index (χ0n) is 15.3. The molecule has 1 fully saturated rings. The third-order valence-electron chi connectivity index (χ3n) is 4.15. The molecular weight excluding hydrogens is 290 g/mol. The van der Waals surface area contributed by atoms with E-state index in [0.717, 1.165) is 63.7 Å². The Hall–Kier alpha value is -1.26. The highest BCUT2D eigenvalue weighted by Gasteiger charge is 2.18. The zero-order chi connectivity index (χ0) is 16.9. The van der Waals surface area contributed by atoms with E-state index in [9.17, 15) is 4.79 Å². The quantitative estimate of drug-likeness (QED) is 0.306. The molecule has 1 N–H and O–H groups in total. The van der Waals surface area contributed by atoms with E-state index in [0.29, 0.717) is 13.0 Å². The highest BCUT2D eigenvalue weighted by Crippen LogP contribution is 2.15. The van der Waals surface area contributed by atoms with Crippen molar-refractivity contribution in [3.8, 4) is 0 Å². The summed E-state index contributed by atoms with van der Waals surface area (Å²) in [5, 5.41) is 3.42. The summed E-state index contributed by atoms with van der Waals surface area (Å²) in [4.78, 5) is 18.4. The lowest BCUT2D eigenvalue weighted by atomic mass is 10.0. The number of carbonyl (C=O) groups is 1. The van der Waals surface area contributed by atoms with Crippen LogP contribution in [0, 0.1) is 5.92 Å². The Labute approximate surface area is 141 Å². The number of unbranched alkanes of at least 4 members (excludes halogenated alkanes) is 3. The van der Waals surface area contributed by atoms with Crippen LogP contribution in [0.3, 0.4) is 0 Å². The normalized spacial score (nSPS) is 18.8. The predicted octanol–water partition coefficient (Wildman–Crippen LogP) is 3.20. The van der Waals surface area contributed by atoms with Gasteiger partial charge in [-0.15, -0.1) is 0 Å². The first-order valence-corrected chi connectivity index (χ1v) is 9.36. The van der Waals surface area contributed by atoms with Gasteiger partial charge in [0.15, 0.2) is 5.96 Å². The minimum Gasteiger partial charge on any atom is -0.466 e. The van der Waals surface area contributed by atoms with Gasteiger partial charge in [-0.05, 0) is 45.4 Å². The van der Waals surface area contributed by atoms with Crippen LogP contribution in [0.25, 0.3) is 0 Å². The van der Waals surface area contributed by atoms with Crippen LogP contribution in [0.1, 0.15) is 65.7 Å². The van der Waals surface area contributed by atoms with Gasteiger partial charge < -0.3 is 15.0 Å². The van der Waals surface area contributed by atoms with Gasteiger partial charge in [0, 0.05) is 32.6 Å². The van der Waals surface area contributed by atoms with Crippen LogP contribution in [0.15, 0.2) is 4.99 Å². The van der Waals surface area contributed by atoms with Crippen molar-refractivity contribution < 1.29 is 9.53 Å². The molecule has 0 aromatic rings. The lowest BCUT2D eigenvalue weighted by Gasteiger charge is -2.33. The Kier molecular flexibility index (Phi) is 10.5. The topological polar surface area (TPSA) is 53.9 Å². The molecule has 23 heavy (non-hydrogen) atoms. The minimum atomic E-state index is -0.0702. The molecule has 1 atom stereocenters. The van der Waals surface area contributed by atoms with E-state index >= 15 is 0 Å². The number of aliphatic imine (C=N–C) groups is 1. The van der Waals surface area contributed by atoms with E-state index in [4.69, 9.17) is 9.73 Å². The van der Waals surface area contributed by atoms with Crippen molar-refractivity contribution in [1.29, 1.82) is 0 Å². The van der Waals surface area contributed by atoms with Gasteiger partial charge in [0.25, 0.3) is 0 Å². The van der Waals surface area contributed by atoms with Gasteiger partial charge in [-0.2, -0.15) is 0 Å². The van der Waals surface area contributed by atoms with Crippen LogP contribution in [0.2, 0.25) is 0 Å². The van der Waals surface area contributed by atoms with Gasteiger partial charge in [0.2, 0.25) is 0 Å². The molecule has 0 aliphatic carbocycles. The van der Waals surface area contributed by atoms with E-state index in [1.807, 2.05) is 6.92 Å². The molecule has 1 aliphatic rings. The molecule has 1 rings (SSSR count). The Morgan fingerprint density at radius 1 is 1.26 bits per heavy atom. The van der Waals surface area contributed by atoms with E-state index in [1.165, 1.54) is 12.8 Å². The van der Waals surface area contributed by atoms with Crippen molar-refractivity contribution >= 4 is 11.9 Å². The molecule has 1 aliphatic heterocycles. The highest BCUT2D eigenvalue weighted by molar-refractivity contribution is 5.80. The molecule has 0 spiro atoms. The first-order chi connectivity index (χ1) is 11.2. The maximum Gasteiger partial charge on any atom is 0.305 e. The Bertz CT molecular complexity index is 358. The zero-order valence-corrected chi connectivity index (χ0v) is 15.3. The number of esters is 1. The van der Waals surface area contributed by atoms with Crippen molar-refractivity contribution in [2.24, 2.45) is 10.9 Å². The van der Waals surface area contributed by atoms with Crippen molar-refractivity contribution in [3.63, 3.8) is 0 Å². The van der Waals surface area contributed by atoms with Crippen molar-refractivity contribution in [2.75, 3.05) is 32.8 Å². The molecule has 0 aromatic heterocycles. The minimum absolute atomic E-state index is 0.0702. The summed E-state index contributed by atoms with van der Waals surface area (Å²) in [6, 6.07) is 0. The van der Waals surface area contributed by atoms with Crippen LogP contribution in [-0.2, 0) is 9.53 Å². The molecule has 0 amide bonds. The van der Waals surface area contributed by atoms with Crippen LogP contribution in [0.4, 0.5) is 0 Å². The molecule has 134 valence electrons. The van der Waals surface area contributed by atoms with Crippen molar-refractivity contribution in [1.82, 2.24) is 10.2 Å². The number of carbonyl (C=O) groups excluding carboxylic acids is 1. The summed E-state index contributed by atoms with van der Waals surface area (Å²) < 4.78 is 4.93. The van der Waals surface area contributed by atoms with Gasteiger partial charge in [-0.3, -0.25) is 9.79 Å². The molecule has 0 saturated carbocycles. The fraction of sp³-hybridized carbons (Fsp3) is 0.889. The first-order valence-electron chi connectivity index (χ1n) is 9.36. The number of ether oxygens (including phenoxy) is 1. The fourth-order valence-electron chi connectivity index (χ4n) is 2.96. The Balaban J connectivity index is 2.20. The average Bonchev–Trinajstić information content (AvgIpc) is 2.53. The van der Waals surface area contributed by atoms with E-state index in [-0.39, 0.29) is 5.97 Å². The molecule has 0 radical (unpaired) electrons. The Morgan fingerprint density at radius 3 is 2.74 bits per heavy atom. The number of nitrogens with zero attached hydrogens (tertiary/aromatic N) is 2. The van der Waals surface area contributed by atoms with Gasteiger partial charge in [0.1, 0.15) is 0 Å². The summed E-state index contributed by atoms with van der Waals surface area (Å²) in [6.07, 6.45) is 7.35. The van der Waals surface area contributed by atoms with E-state index in [2.05, 4.69) is 24.1 Å².